The van der Waals surface area contributed by atoms with E-state index in [9.17, 15) is 9.59 Å². The summed E-state index contributed by atoms with van der Waals surface area (Å²) < 4.78 is 0. The quantitative estimate of drug-likeness (QED) is 0.729. The largest absolute Gasteiger partial charge is 0.362 e. The van der Waals surface area contributed by atoms with Crippen molar-refractivity contribution in [3.63, 3.8) is 0 Å². The van der Waals surface area contributed by atoms with Crippen LogP contribution in [0, 0.1) is 6.92 Å². The van der Waals surface area contributed by atoms with E-state index in [0.29, 0.717) is 18.0 Å². The van der Waals surface area contributed by atoms with Gasteiger partial charge < -0.3 is 14.9 Å². The number of carbonyl (C=O) groups is 1. The van der Waals surface area contributed by atoms with Crippen LogP contribution < -0.4 is 5.43 Å². The molecule has 6 nitrogen and oxygen atoms in total. The Morgan fingerprint density at radius 1 is 1.21 bits per heavy atom. The second-order valence-corrected chi connectivity index (χ2v) is 8.05. The van der Waals surface area contributed by atoms with Gasteiger partial charge in [-0.2, -0.15) is 0 Å². The van der Waals surface area contributed by atoms with Gasteiger partial charge in [-0.3, -0.25) is 9.59 Å². The molecule has 4 rings (SSSR count). The molecule has 0 radical (unpaired) electrons. The average Bonchev–Trinajstić information content (AvgIpc) is 3.10. The fraction of sp³-hybridized carbons (Fsp3) is 0.409. The van der Waals surface area contributed by atoms with Crippen LogP contribution in [0.5, 0.6) is 0 Å². The van der Waals surface area contributed by atoms with Crippen LogP contribution in [0.15, 0.2) is 35.1 Å². The second-order valence-electron chi connectivity index (χ2n) is 8.05. The number of nitrogens with one attached hydrogen (secondary N) is 2. The Bertz CT molecular complexity index is 1080. The molecule has 3 heterocycles. The third-order valence-corrected chi connectivity index (χ3v) is 5.44. The van der Waals surface area contributed by atoms with E-state index in [2.05, 4.69) is 28.8 Å². The Morgan fingerprint density at radius 3 is 2.79 bits per heavy atom. The van der Waals surface area contributed by atoms with Crippen molar-refractivity contribution in [1.82, 2.24) is 19.9 Å². The number of aromatic amines is 2. The van der Waals surface area contributed by atoms with Gasteiger partial charge in [-0.05, 0) is 38.0 Å². The van der Waals surface area contributed by atoms with Crippen LogP contribution in [-0.2, 0) is 0 Å². The molecule has 1 fully saturated rings. The molecular formula is C22H26N4O2. The highest BCUT2D eigenvalue weighted by Gasteiger charge is 2.26. The van der Waals surface area contributed by atoms with Crippen molar-refractivity contribution in [1.29, 1.82) is 0 Å². The molecule has 28 heavy (non-hydrogen) atoms. The Hall–Kier alpha value is -2.89. The Labute approximate surface area is 164 Å². The zero-order valence-electron chi connectivity index (χ0n) is 16.6. The third kappa shape index (κ3) is 3.59. The van der Waals surface area contributed by atoms with E-state index in [1.54, 1.807) is 12.1 Å². The van der Waals surface area contributed by atoms with Crippen LogP contribution >= 0.6 is 0 Å². The molecule has 146 valence electrons. The number of imidazole rings is 1. The van der Waals surface area contributed by atoms with E-state index in [4.69, 9.17) is 0 Å². The van der Waals surface area contributed by atoms with Gasteiger partial charge in [0.1, 0.15) is 5.82 Å². The van der Waals surface area contributed by atoms with Crippen molar-refractivity contribution in [2.75, 3.05) is 13.1 Å². The molecule has 1 amide bonds. The SMILES string of the molecule is Cc1cc(=O)cc([C@H]2CCCN(C(=O)c3ccc4nc(C(C)C)[nH]c4c3)C2)[nH]1. The minimum Gasteiger partial charge on any atom is -0.362 e. The molecule has 0 aliphatic carbocycles. The highest BCUT2D eigenvalue weighted by atomic mass is 16.2. The molecular weight excluding hydrogens is 352 g/mol. The van der Waals surface area contributed by atoms with Crippen LogP contribution in [0.25, 0.3) is 11.0 Å². The molecule has 3 aromatic rings. The van der Waals surface area contributed by atoms with E-state index in [1.165, 1.54) is 0 Å². The number of amides is 1. The van der Waals surface area contributed by atoms with E-state index in [-0.39, 0.29) is 17.3 Å². The van der Waals surface area contributed by atoms with Crippen molar-refractivity contribution in [3.05, 3.63) is 63.3 Å². The monoisotopic (exact) mass is 378 g/mol. The van der Waals surface area contributed by atoms with Crippen LogP contribution in [0.4, 0.5) is 0 Å². The molecule has 1 atom stereocenters. The lowest BCUT2D eigenvalue weighted by Crippen LogP contribution is -2.39. The number of aromatic nitrogens is 3. The van der Waals surface area contributed by atoms with Crippen molar-refractivity contribution in [2.24, 2.45) is 0 Å². The predicted octanol–water partition coefficient (Wildman–Crippen LogP) is 3.70. The van der Waals surface area contributed by atoms with Crippen LogP contribution in [-0.4, -0.2) is 38.8 Å². The number of carbonyl (C=O) groups excluding carboxylic acids is 1. The predicted molar refractivity (Wildman–Crippen MR) is 110 cm³/mol. The van der Waals surface area contributed by atoms with Crippen molar-refractivity contribution in [2.45, 2.75) is 45.4 Å². The van der Waals surface area contributed by atoms with Gasteiger partial charge in [0.15, 0.2) is 5.43 Å². The van der Waals surface area contributed by atoms with Crippen LogP contribution in [0.2, 0.25) is 0 Å². The van der Waals surface area contributed by atoms with Gasteiger partial charge in [-0.15, -0.1) is 0 Å². The maximum absolute atomic E-state index is 13.1. The smallest absolute Gasteiger partial charge is 0.253 e. The molecule has 0 saturated carbocycles. The minimum atomic E-state index is 0.0142. The van der Waals surface area contributed by atoms with E-state index in [0.717, 1.165) is 47.6 Å². The van der Waals surface area contributed by atoms with E-state index in [1.807, 2.05) is 30.0 Å². The van der Waals surface area contributed by atoms with E-state index < -0.39 is 0 Å². The fourth-order valence-electron chi connectivity index (χ4n) is 3.96. The average molecular weight is 378 g/mol. The second kappa shape index (κ2) is 7.26. The highest BCUT2D eigenvalue weighted by molar-refractivity contribution is 5.97. The topological polar surface area (TPSA) is 81.8 Å². The number of rotatable bonds is 3. The number of aryl methyl sites for hydroxylation is 1. The summed E-state index contributed by atoms with van der Waals surface area (Å²) in [5, 5.41) is 0. The first-order valence-electron chi connectivity index (χ1n) is 9.90. The molecule has 1 saturated heterocycles. The number of hydrogen-bond acceptors (Lipinski definition) is 3. The van der Waals surface area contributed by atoms with Crippen molar-refractivity contribution < 1.29 is 4.79 Å². The first kappa shape index (κ1) is 18.5. The maximum atomic E-state index is 13.1. The summed E-state index contributed by atoms with van der Waals surface area (Å²) in [7, 11) is 0. The molecule has 1 aromatic carbocycles. The molecule has 1 aliphatic heterocycles. The number of fused-ring (bicyclic) bond motifs is 1. The summed E-state index contributed by atoms with van der Waals surface area (Å²) in [6, 6.07) is 8.92. The van der Waals surface area contributed by atoms with Gasteiger partial charge >= 0.3 is 0 Å². The summed E-state index contributed by atoms with van der Waals surface area (Å²) in [5.41, 5.74) is 4.25. The normalized spacial score (nSPS) is 17.4. The van der Waals surface area contributed by atoms with E-state index >= 15 is 0 Å². The fourth-order valence-corrected chi connectivity index (χ4v) is 3.96. The molecule has 2 aromatic heterocycles. The van der Waals surface area contributed by atoms with Gasteiger partial charge in [0.2, 0.25) is 0 Å². The van der Waals surface area contributed by atoms with Crippen molar-refractivity contribution in [3.8, 4) is 0 Å². The first-order valence-corrected chi connectivity index (χ1v) is 9.90. The molecule has 0 bridgehead atoms. The number of pyridine rings is 1. The van der Waals surface area contributed by atoms with Gasteiger partial charge in [-0.25, -0.2) is 4.98 Å². The first-order chi connectivity index (χ1) is 13.4. The van der Waals surface area contributed by atoms with Gasteiger partial charge in [0.05, 0.1) is 11.0 Å². The lowest BCUT2D eigenvalue weighted by molar-refractivity contribution is 0.0706. The zero-order chi connectivity index (χ0) is 19.8. The summed E-state index contributed by atoms with van der Waals surface area (Å²) in [4.78, 5) is 38.1. The van der Waals surface area contributed by atoms with Gasteiger partial charge in [0.25, 0.3) is 5.91 Å². The number of hydrogen-bond donors (Lipinski definition) is 2. The summed E-state index contributed by atoms with van der Waals surface area (Å²) in [6.45, 7) is 7.43. The van der Waals surface area contributed by atoms with Crippen LogP contribution in [0.3, 0.4) is 0 Å². The standard InChI is InChI=1S/C22H26N4O2/c1-13(2)21-24-18-7-6-15(10-20(18)25-21)22(28)26-8-4-5-16(12-26)19-11-17(27)9-14(3)23-19/h6-7,9-11,13,16H,4-5,8,12H2,1-3H3,(H,23,27)(H,24,25)/t16-/m0/s1. The van der Waals surface area contributed by atoms with Crippen LogP contribution in [0.1, 0.15) is 66.1 Å². The summed E-state index contributed by atoms with van der Waals surface area (Å²) in [6.07, 6.45) is 1.90. The Kier molecular flexibility index (Phi) is 4.79. The maximum Gasteiger partial charge on any atom is 0.253 e. The zero-order valence-corrected chi connectivity index (χ0v) is 16.6. The van der Waals surface area contributed by atoms with Gasteiger partial charge in [0, 0.05) is 54.0 Å². The molecule has 6 heteroatoms. The highest BCUT2D eigenvalue weighted by Crippen LogP contribution is 2.27. The summed E-state index contributed by atoms with van der Waals surface area (Å²) in [5.74, 6) is 1.43. The number of benzene rings is 1. The minimum absolute atomic E-state index is 0.0142. The lowest BCUT2D eigenvalue weighted by atomic mass is 9.93. The summed E-state index contributed by atoms with van der Waals surface area (Å²) >= 11 is 0. The number of H-pyrrole nitrogens is 2. The number of likely N-dealkylation sites (tertiary alicyclic amines) is 1. The molecule has 0 unspecified atom stereocenters. The molecule has 2 N–H and O–H groups in total. The molecule has 1 aliphatic rings. The number of nitrogens with zero attached hydrogens (tertiary/aromatic N) is 2. The molecule has 0 spiro atoms. The van der Waals surface area contributed by atoms with Crippen molar-refractivity contribution >= 4 is 16.9 Å². The third-order valence-electron chi connectivity index (χ3n) is 5.44. The lowest BCUT2D eigenvalue weighted by Gasteiger charge is -2.33. The van der Waals surface area contributed by atoms with Gasteiger partial charge in [-0.1, -0.05) is 13.8 Å². The Balaban J connectivity index is 1.57. The number of piperidine rings is 1. The Morgan fingerprint density at radius 2 is 2.04 bits per heavy atom.